The first-order valence-electron chi connectivity index (χ1n) is 13.0. The van der Waals surface area contributed by atoms with Gasteiger partial charge in [0, 0.05) is 65.3 Å². The van der Waals surface area contributed by atoms with Crippen LogP contribution in [0, 0.1) is 0 Å². The highest BCUT2D eigenvalue weighted by Gasteiger charge is 2.29. The number of rotatable bonds is 6. The predicted octanol–water partition coefficient (Wildman–Crippen LogP) is 4.78. The van der Waals surface area contributed by atoms with Crippen molar-refractivity contribution in [1.82, 2.24) is 29.5 Å². The lowest BCUT2D eigenvalue weighted by molar-refractivity contribution is -0.120. The van der Waals surface area contributed by atoms with E-state index >= 15 is 0 Å². The highest BCUT2D eigenvalue weighted by atomic mass is 32.1. The number of fused-ring (bicyclic) bond motifs is 10. The van der Waals surface area contributed by atoms with Gasteiger partial charge in [0.15, 0.2) is 12.5 Å². The number of hydrogen-bond acceptors (Lipinski definition) is 7. The Bertz CT molecular complexity index is 1900. The normalized spacial score (nSPS) is 12.8. The number of aromatic hydroxyl groups is 1. The Hall–Kier alpha value is -4.38. The quantitative estimate of drug-likeness (QED) is 0.314. The van der Waals surface area contributed by atoms with E-state index in [4.69, 9.17) is 4.74 Å². The number of benzene rings is 2. The van der Waals surface area contributed by atoms with Crippen molar-refractivity contribution in [1.29, 1.82) is 0 Å². The summed E-state index contributed by atoms with van der Waals surface area (Å²) in [5.41, 5.74) is 8.28. The van der Waals surface area contributed by atoms with E-state index in [0.29, 0.717) is 17.4 Å². The second kappa shape index (κ2) is 8.84. The first kappa shape index (κ1) is 23.7. The molecule has 4 heterocycles. The van der Waals surface area contributed by atoms with E-state index < -0.39 is 0 Å². The van der Waals surface area contributed by atoms with Crippen molar-refractivity contribution in [2.75, 3.05) is 18.1 Å². The average molecular weight is 542 g/mol. The predicted molar refractivity (Wildman–Crippen MR) is 152 cm³/mol. The number of anilines is 1. The van der Waals surface area contributed by atoms with Gasteiger partial charge in [-0.1, -0.05) is 11.3 Å². The molecule has 0 radical (unpaired) electrons. The Morgan fingerprint density at radius 3 is 2.87 bits per heavy atom. The van der Waals surface area contributed by atoms with Crippen molar-refractivity contribution >= 4 is 55.0 Å². The first-order valence-corrected chi connectivity index (χ1v) is 13.9. The number of likely N-dealkylation sites (N-methyl/N-ethyl adjacent to an activating group) is 1. The van der Waals surface area contributed by atoms with E-state index in [0.717, 1.165) is 63.3 Å². The van der Waals surface area contributed by atoms with Crippen molar-refractivity contribution in [3.63, 3.8) is 0 Å². The van der Waals surface area contributed by atoms with E-state index in [2.05, 4.69) is 37.8 Å². The highest BCUT2D eigenvalue weighted by Crippen LogP contribution is 2.49. The van der Waals surface area contributed by atoms with Gasteiger partial charge in [-0.3, -0.25) is 14.4 Å². The highest BCUT2D eigenvalue weighted by molar-refractivity contribution is 7.13. The molecule has 0 bridgehead atoms. The lowest BCUT2D eigenvalue weighted by Gasteiger charge is -2.20. The van der Waals surface area contributed by atoms with Crippen LogP contribution < -0.4 is 9.64 Å². The molecule has 4 aromatic heterocycles. The van der Waals surface area contributed by atoms with E-state index in [-0.39, 0.29) is 18.4 Å². The maximum atomic E-state index is 12.9. The van der Waals surface area contributed by atoms with Gasteiger partial charge in [-0.05, 0) is 50.5 Å². The number of hydrogen-bond donors (Lipinski definition) is 2. The second-order valence-corrected chi connectivity index (χ2v) is 10.5. The van der Waals surface area contributed by atoms with Gasteiger partial charge in [0.1, 0.15) is 11.3 Å². The molecule has 2 aromatic carbocycles. The minimum atomic E-state index is -0.176. The fraction of sp³-hybridized carbons (Fsp3) is 0.286. The van der Waals surface area contributed by atoms with Gasteiger partial charge in [-0.25, -0.2) is 0 Å². The number of carbonyl (C=O) groups excluding carboxylic acids is 1. The van der Waals surface area contributed by atoms with Crippen LogP contribution in [-0.4, -0.2) is 53.7 Å². The summed E-state index contributed by atoms with van der Waals surface area (Å²) in [4.78, 5) is 17.5. The molecular formula is C28H27N7O3S. The molecule has 10 nitrogen and oxygen atoms in total. The van der Waals surface area contributed by atoms with Crippen molar-refractivity contribution in [3.05, 3.63) is 47.4 Å². The van der Waals surface area contributed by atoms with Crippen LogP contribution in [0.25, 0.3) is 43.7 Å². The number of aromatic nitrogens is 6. The molecule has 7 rings (SSSR count). The van der Waals surface area contributed by atoms with Crippen LogP contribution in [0.4, 0.5) is 5.13 Å². The zero-order valence-electron chi connectivity index (χ0n) is 21.9. The minimum absolute atomic E-state index is 0.106. The largest absolute Gasteiger partial charge is 0.494 e. The summed E-state index contributed by atoms with van der Waals surface area (Å²) in [6.45, 7) is 5.22. The maximum Gasteiger partial charge on any atom is 0.266 e. The Morgan fingerprint density at radius 1 is 1.23 bits per heavy atom. The Labute approximate surface area is 227 Å². The van der Waals surface area contributed by atoms with Crippen LogP contribution in [0.1, 0.15) is 25.1 Å². The topological polar surface area (TPSA) is 114 Å². The van der Waals surface area contributed by atoms with Crippen LogP contribution >= 0.6 is 11.3 Å². The molecule has 0 saturated heterocycles. The summed E-state index contributed by atoms with van der Waals surface area (Å²) in [6, 6.07) is 5.98. The van der Waals surface area contributed by atoms with Crippen molar-refractivity contribution in [2.45, 2.75) is 33.2 Å². The summed E-state index contributed by atoms with van der Waals surface area (Å²) in [7, 11) is 1.94. The minimum Gasteiger partial charge on any atom is -0.494 e. The third-order valence-electron chi connectivity index (χ3n) is 7.66. The number of ether oxygens (including phenoxy) is 1. The van der Waals surface area contributed by atoms with Crippen LogP contribution in [0.15, 0.2) is 36.1 Å². The molecule has 198 valence electrons. The number of nitrogens with one attached hydrogen (secondary N) is 1. The fourth-order valence-corrected chi connectivity index (χ4v) is 6.75. The van der Waals surface area contributed by atoms with Gasteiger partial charge in [-0.15, -0.1) is 10.2 Å². The zero-order valence-corrected chi connectivity index (χ0v) is 22.7. The standard InChI is InChI=1S/C28H27N7O3S/c1-4-34-21-9-6-15(38-13-22(36)35(5-2)28-31-30-14-39-28)10-17(21)24-18-11-29-27(37)25(18)23-16(26(24)34)7-8-20-19(23)12-33(3)32-20/h6,9-12,14,29,37H,4-5,7-8,13H2,1-3H3. The molecule has 2 N–H and O–H groups in total. The first-order chi connectivity index (χ1) is 19.0. The SMILES string of the molecule is CCN(C(=O)COc1ccc2c(c1)c1c3c[nH]c(O)c3c3c(c1n2CC)CCc1nn(C)cc1-3)c1nncs1. The Balaban J connectivity index is 1.39. The number of H-pyrrole nitrogens is 1. The number of aryl methyl sites for hydroxylation is 4. The van der Waals surface area contributed by atoms with Gasteiger partial charge in [0.05, 0.1) is 16.6 Å². The average Bonchev–Trinajstić information content (AvgIpc) is 3.72. The van der Waals surface area contributed by atoms with Crippen LogP contribution in [-0.2, 0) is 31.2 Å². The number of carbonyl (C=O) groups is 1. The Morgan fingerprint density at radius 2 is 2.10 bits per heavy atom. The zero-order chi connectivity index (χ0) is 26.8. The summed E-state index contributed by atoms with van der Waals surface area (Å²) in [6.07, 6.45) is 5.62. The molecule has 0 fully saturated rings. The Kier molecular flexibility index (Phi) is 5.37. The maximum absolute atomic E-state index is 12.9. The molecule has 6 aromatic rings. The van der Waals surface area contributed by atoms with E-state index in [1.54, 1.807) is 10.4 Å². The third kappa shape index (κ3) is 3.46. The van der Waals surface area contributed by atoms with E-state index in [9.17, 15) is 9.90 Å². The number of nitrogens with zero attached hydrogens (tertiary/aromatic N) is 6. The summed E-state index contributed by atoms with van der Waals surface area (Å²) < 4.78 is 10.2. The molecular weight excluding hydrogens is 514 g/mol. The summed E-state index contributed by atoms with van der Waals surface area (Å²) in [5.74, 6) is 0.593. The molecule has 0 spiro atoms. The van der Waals surface area contributed by atoms with Crippen LogP contribution in [0.5, 0.6) is 11.6 Å². The third-order valence-corrected chi connectivity index (χ3v) is 8.38. The fourth-order valence-electron chi connectivity index (χ4n) is 6.11. The molecule has 0 unspecified atom stereocenters. The molecule has 1 amide bonds. The van der Waals surface area contributed by atoms with Gasteiger partial charge in [0.25, 0.3) is 5.91 Å². The van der Waals surface area contributed by atoms with E-state index in [1.807, 2.05) is 43.2 Å². The molecule has 0 atom stereocenters. The van der Waals surface area contributed by atoms with Gasteiger partial charge in [0.2, 0.25) is 5.13 Å². The number of amides is 1. The van der Waals surface area contributed by atoms with Gasteiger partial charge >= 0.3 is 0 Å². The molecule has 11 heteroatoms. The molecule has 0 aliphatic heterocycles. The lowest BCUT2D eigenvalue weighted by atomic mass is 9.85. The van der Waals surface area contributed by atoms with Crippen LogP contribution in [0.3, 0.4) is 0 Å². The van der Waals surface area contributed by atoms with Gasteiger partial charge in [-0.2, -0.15) is 5.10 Å². The molecule has 1 aliphatic rings. The van der Waals surface area contributed by atoms with Crippen molar-refractivity contribution < 1.29 is 14.6 Å². The van der Waals surface area contributed by atoms with Crippen LogP contribution in [0.2, 0.25) is 0 Å². The smallest absolute Gasteiger partial charge is 0.266 e. The molecule has 39 heavy (non-hydrogen) atoms. The number of aromatic amines is 1. The summed E-state index contributed by atoms with van der Waals surface area (Å²) >= 11 is 1.32. The molecule has 0 saturated carbocycles. The second-order valence-electron chi connectivity index (χ2n) is 9.74. The van der Waals surface area contributed by atoms with Crippen molar-refractivity contribution in [2.24, 2.45) is 7.05 Å². The monoisotopic (exact) mass is 541 g/mol. The van der Waals surface area contributed by atoms with Crippen molar-refractivity contribution in [3.8, 4) is 22.8 Å². The lowest BCUT2D eigenvalue weighted by Crippen LogP contribution is -2.34. The van der Waals surface area contributed by atoms with Gasteiger partial charge < -0.3 is 19.4 Å². The van der Waals surface area contributed by atoms with E-state index in [1.165, 1.54) is 22.4 Å². The summed E-state index contributed by atoms with van der Waals surface area (Å²) in [5, 5.41) is 28.0. The molecule has 1 aliphatic carbocycles.